The number of hydrogen-bond donors (Lipinski definition) is 1. The van der Waals surface area contributed by atoms with Crippen molar-refractivity contribution in [1.82, 2.24) is 14.9 Å². The molecule has 0 spiro atoms. The molecule has 6 nitrogen and oxygen atoms in total. The first-order valence-electron chi connectivity index (χ1n) is 6.25. The molecule has 2 aromatic rings. The maximum atomic E-state index is 5.55. The predicted molar refractivity (Wildman–Crippen MR) is 87.0 cm³/mol. The zero-order valence-corrected chi connectivity index (χ0v) is 14.3. The van der Waals surface area contributed by atoms with Crippen LogP contribution < -0.4 is 9.47 Å². The summed E-state index contributed by atoms with van der Waals surface area (Å²) in [5.74, 6) is 2.00. The van der Waals surface area contributed by atoms with E-state index < -0.39 is 0 Å². The monoisotopic (exact) mass is 370 g/mol. The minimum Gasteiger partial charge on any atom is -0.493 e. The van der Waals surface area contributed by atoms with E-state index in [0.717, 1.165) is 10.0 Å². The van der Waals surface area contributed by atoms with Gasteiger partial charge in [0.25, 0.3) is 0 Å². The number of aromatic amines is 1. The van der Waals surface area contributed by atoms with Gasteiger partial charge in [-0.1, -0.05) is 0 Å². The Kier molecular flexibility index (Phi) is 5.13. The van der Waals surface area contributed by atoms with Crippen LogP contribution in [0, 0.1) is 11.7 Å². The predicted octanol–water partition coefficient (Wildman–Crippen LogP) is 3.30. The maximum absolute atomic E-state index is 5.55. The van der Waals surface area contributed by atoms with Gasteiger partial charge < -0.3 is 9.47 Å². The van der Waals surface area contributed by atoms with Crippen LogP contribution in [0.25, 0.3) is 0 Å². The van der Waals surface area contributed by atoms with Gasteiger partial charge in [-0.25, -0.2) is 0 Å². The highest BCUT2D eigenvalue weighted by Crippen LogP contribution is 2.36. The normalized spacial score (nSPS) is 11.0. The van der Waals surface area contributed by atoms with E-state index >= 15 is 0 Å². The Bertz CT molecular complexity index is 723. The summed E-state index contributed by atoms with van der Waals surface area (Å²) in [6, 6.07) is 3.74. The van der Waals surface area contributed by atoms with Crippen LogP contribution in [0.2, 0.25) is 0 Å². The third kappa shape index (κ3) is 3.51. The Morgan fingerprint density at radius 2 is 2.29 bits per heavy atom. The van der Waals surface area contributed by atoms with E-state index in [1.54, 1.807) is 18.0 Å². The molecule has 1 N–H and O–H groups in total. The molecule has 1 heterocycles. The van der Waals surface area contributed by atoms with Crippen molar-refractivity contribution in [1.29, 1.82) is 0 Å². The fourth-order valence-electron chi connectivity index (χ4n) is 1.73. The van der Waals surface area contributed by atoms with Crippen LogP contribution in [0.3, 0.4) is 0 Å². The molecule has 0 amide bonds. The highest BCUT2D eigenvalue weighted by Gasteiger charge is 2.10. The van der Waals surface area contributed by atoms with Crippen LogP contribution in [0.1, 0.15) is 18.3 Å². The molecule has 0 unspecified atom stereocenters. The highest BCUT2D eigenvalue weighted by molar-refractivity contribution is 9.10. The Hall–Kier alpha value is -1.67. The van der Waals surface area contributed by atoms with Gasteiger partial charge in [0, 0.05) is 0 Å². The zero-order chi connectivity index (χ0) is 15.4. The second-order valence-corrected chi connectivity index (χ2v) is 5.34. The lowest BCUT2D eigenvalue weighted by Gasteiger charge is -2.11. The Labute approximate surface area is 135 Å². The molecule has 0 radical (unpaired) electrons. The van der Waals surface area contributed by atoms with Gasteiger partial charge in [-0.3, -0.25) is 5.10 Å². The van der Waals surface area contributed by atoms with Crippen molar-refractivity contribution in [3.8, 4) is 11.5 Å². The molecule has 0 saturated carbocycles. The van der Waals surface area contributed by atoms with Crippen molar-refractivity contribution >= 4 is 34.4 Å². The Morgan fingerprint density at radius 1 is 1.52 bits per heavy atom. The summed E-state index contributed by atoms with van der Waals surface area (Å²) >= 11 is 8.57. The molecule has 0 atom stereocenters. The number of rotatable bonds is 5. The second-order valence-electron chi connectivity index (χ2n) is 4.10. The van der Waals surface area contributed by atoms with Gasteiger partial charge in [0.2, 0.25) is 4.77 Å². The summed E-state index contributed by atoms with van der Waals surface area (Å²) < 4.78 is 13.7. The lowest BCUT2D eigenvalue weighted by Crippen LogP contribution is -1.98. The Morgan fingerprint density at radius 3 is 2.86 bits per heavy atom. The van der Waals surface area contributed by atoms with E-state index in [1.165, 1.54) is 0 Å². The van der Waals surface area contributed by atoms with Crippen LogP contribution >= 0.6 is 28.1 Å². The van der Waals surface area contributed by atoms with Gasteiger partial charge >= 0.3 is 0 Å². The van der Waals surface area contributed by atoms with Gasteiger partial charge in [0.05, 0.1) is 24.4 Å². The van der Waals surface area contributed by atoms with Crippen molar-refractivity contribution in [2.75, 3.05) is 13.7 Å². The standard InChI is InChI=1S/C13H15BrN4O2S/c1-4-20-12-10(14)5-9(6-11(12)19-3)7-15-18-8(2)16-17-13(18)21/h5-7H,4H2,1-3H3,(H,17,21)/b15-7-. The van der Waals surface area contributed by atoms with E-state index in [9.17, 15) is 0 Å². The fourth-order valence-corrected chi connectivity index (χ4v) is 2.53. The largest absolute Gasteiger partial charge is 0.493 e. The average Bonchev–Trinajstić information content (AvgIpc) is 2.78. The first kappa shape index (κ1) is 15.7. The van der Waals surface area contributed by atoms with Crippen molar-refractivity contribution in [2.24, 2.45) is 5.10 Å². The van der Waals surface area contributed by atoms with Crippen LogP contribution in [0.4, 0.5) is 0 Å². The fraction of sp³-hybridized carbons (Fsp3) is 0.308. The van der Waals surface area contributed by atoms with Gasteiger partial charge in [0.1, 0.15) is 5.82 Å². The maximum Gasteiger partial charge on any atom is 0.216 e. The van der Waals surface area contributed by atoms with E-state index in [0.29, 0.717) is 28.7 Å². The van der Waals surface area contributed by atoms with Crippen LogP contribution in [-0.4, -0.2) is 34.8 Å². The van der Waals surface area contributed by atoms with Crippen molar-refractivity contribution in [3.05, 3.63) is 32.8 Å². The number of H-pyrrole nitrogens is 1. The molecular formula is C13H15BrN4O2S. The summed E-state index contributed by atoms with van der Waals surface area (Å²) in [5, 5.41) is 11.0. The molecule has 0 aliphatic carbocycles. The van der Waals surface area contributed by atoms with Crippen molar-refractivity contribution < 1.29 is 9.47 Å². The molecule has 8 heteroatoms. The number of benzene rings is 1. The number of halogens is 1. The minimum atomic E-state index is 0.445. The second kappa shape index (κ2) is 6.86. The third-order valence-corrected chi connectivity index (χ3v) is 3.53. The average molecular weight is 371 g/mol. The molecule has 0 bridgehead atoms. The molecule has 21 heavy (non-hydrogen) atoms. The molecule has 0 saturated heterocycles. The lowest BCUT2D eigenvalue weighted by molar-refractivity contribution is 0.309. The summed E-state index contributed by atoms with van der Waals surface area (Å²) in [7, 11) is 1.60. The number of methoxy groups -OCH3 is 1. The van der Waals surface area contributed by atoms with Gasteiger partial charge in [0.15, 0.2) is 11.5 Å². The summed E-state index contributed by atoms with van der Waals surface area (Å²) in [6.45, 7) is 4.30. The topological polar surface area (TPSA) is 64.4 Å². The van der Waals surface area contributed by atoms with Crippen LogP contribution in [-0.2, 0) is 0 Å². The molecule has 1 aromatic heterocycles. The number of nitrogens with one attached hydrogen (secondary N) is 1. The minimum absolute atomic E-state index is 0.445. The molecule has 1 aromatic carbocycles. The van der Waals surface area contributed by atoms with Crippen LogP contribution in [0.15, 0.2) is 21.7 Å². The first-order valence-corrected chi connectivity index (χ1v) is 7.45. The van der Waals surface area contributed by atoms with Crippen molar-refractivity contribution in [3.63, 3.8) is 0 Å². The SMILES string of the molecule is CCOc1c(Br)cc(/C=N\n2c(C)n[nH]c2=S)cc1OC. The number of hydrogen-bond acceptors (Lipinski definition) is 5. The number of nitrogens with zero attached hydrogens (tertiary/aromatic N) is 3. The quantitative estimate of drug-likeness (QED) is 0.647. The molecule has 2 rings (SSSR count). The van der Waals surface area contributed by atoms with Crippen LogP contribution in [0.5, 0.6) is 11.5 Å². The third-order valence-electron chi connectivity index (χ3n) is 2.67. The first-order chi connectivity index (χ1) is 10.1. The molecule has 0 fully saturated rings. The summed E-state index contributed by atoms with van der Waals surface area (Å²) in [5.41, 5.74) is 0.852. The smallest absolute Gasteiger partial charge is 0.216 e. The lowest BCUT2D eigenvalue weighted by atomic mass is 10.2. The summed E-state index contributed by atoms with van der Waals surface area (Å²) in [4.78, 5) is 0. The van der Waals surface area contributed by atoms with Gasteiger partial charge in [-0.05, 0) is 59.7 Å². The number of aryl methyl sites for hydroxylation is 1. The number of ether oxygens (including phenoxy) is 2. The van der Waals surface area contributed by atoms with Crippen molar-refractivity contribution in [2.45, 2.75) is 13.8 Å². The van der Waals surface area contributed by atoms with Gasteiger partial charge in [-0.15, -0.1) is 0 Å². The van der Waals surface area contributed by atoms with E-state index in [4.69, 9.17) is 21.7 Å². The molecule has 0 aliphatic heterocycles. The molecule has 112 valence electrons. The molecule has 0 aliphatic rings. The van der Waals surface area contributed by atoms with E-state index in [2.05, 4.69) is 31.2 Å². The Balaban J connectivity index is 2.37. The van der Waals surface area contributed by atoms with Gasteiger partial charge in [-0.2, -0.15) is 14.9 Å². The van der Waals surface area contributed by atoms with E-state index in [1.807, 2.05) is 26.0 Å². The molecular weight excluding hydrogens is 356 g/mol. The summed E-state index contributed by atoms with van der Waals surface area (Å²) in [6.07, 6.45) is 1.68. The zero-order valence-electron chi connectivity index (χ0n) is 11.9. The van der Waals surface area contributed by atoms with E-state index in [-0.39, 0.29) is 0 Å². The number of aromatic nitrogens is 3. The highest BCUT2D eigenvalue weighted by atomic mass is 79.9.